The summed E-state index contributed by atoms with van der Waals surface area (Å²) in [4.78, 5) is 16.3. The molecule has 126 valence electrons. The molecule has 2 saturated heterocycles. The van der Waals surface area contributed by atoms with Crippen LogP contribution in [-0.4, -0.2) is 54.0 Å². The van der Waals surface area contributed by atoms with Crippen molar-refractivity contribution in [1.29, 1.82) is 0 Å². The maximum Gasteiger partial charge on any atom is 0.217 e. The van der Waals surface area contributed by atoms with Gasteiger partial charge >= 0.3 is 0 Å². The molecule has 2 heterocycles. The first-order chi connectivity index (χ1) is 11.0. The van der Waals surface area contributed by atoms with Gasteiger partial charge in [-0.3, -0.25) is 9.69 Å². The maximum absolute atomic E-state index is 13.1. The number of amides is 1. The zero-order valence-corrected chi connectivity index (χ0v) is 14.0. The summed E-state index contributed by atoms with van der Waals surface area (Å²) in [6, 6.07) is 7.00. The number of halogens is 1. The van der Waals surface area contributed by atoms with E-state index < -0.39 is 0 Å². The van der Waals surface area contributed by atoms with Crippen molar-refractivity contribution in [2.24, 2.45) is 0 Å². The smallest absolute Gasteiger partial charge is 0.217 e. The van der Waals surface area contributed by atoms with Gasteiger partial charge in [0.2, 0.25) is 5.91 Å². The van der Waals surface area contributed by atoms with E-state index in [1.54, 1.807) is 6.92 Å². The van der Waals surface area contributed by atoms with E-state index in [9.17, 15) is 9.18 Å². The maximum atomic E-state index is 13.1. The van der Waals surface area contributed by atoms with Gasteiger partial charge in [0.05, 0.1) is 0 Å². The summed E-state index contributed by atoms with van der Waals surface area (Å²) >= 11 is 0. The lowest BCUT2D eigenvalue weighted by Crippen LogP contribution is -2.50. The average molecular weight is 319 g/mol. The van der Waals surface area contributed by atoms with Crippen LogP contribution < -0.4 is 5.32 Å². The van der Waals surface area contributed by atoms with Gasteiger partial charge in [0.15, 0.2) is 0 Å². The number of benzene rings is 1. The van der Waals surface area contributed by atoms with E-state index in [2.05, 4.69) is 22.2 Å². The molecule has 5 heteroatoms. The lowest BCUT2D eigenvalue weighted by Gasteiger charge is -2.44. The van der Waals surface area contributed by atoms with Gasteiger partial charge in [-0.2, -0.15) is 0 Å². The molecule has 0 aromatic heterocycles. The summed E-state index contributed by atoms with van der Waals surface area (Å²) < 4.78 is 13.1. The van der Waals surface area contributed by atoms with Crippen LogP contribution >= 0.6 is 0 Å². The van der Waals surface area contributed by atoms with Crippen LogP contribution in [0.15, 0.2) is 24.3 Å². The van der Waals surface area contributed by atoms with E-state index >= 15 is 0 Å². The monoisotopic (exact) mass is 319 g/mol. The second kappa shape index (κ2) is 6.57. The van der Waals surface area contributed by atoms with Crippen molar-refractivity contribution in [3.8, 4) is 0 Å². The van der Waals surface area contributed by atoms with Crippen LogP contribution in [0.25, 0.3) is 0 Å². The first kappa shape index (κ1) is 16.4. The third-order valence-electron chi connectivity index (χ3n) is 5.35. The number of carbonyl (C=O) groups is 1. The van der Waals surface area contributed by atoms with Crippen LogP contribution in [0.4, 0.5) is 4.39 Å². The summed E-state index contributed by atoms with van der Waals surface area (Å²) in [5.74, 6) is -0.151. The van der Waals surface area contributed by atoms with Gasteiger partial charge in [-0.15, -0.1) is 0 Å². The number of likely N-dealkylation sites (tertiary alicyclic amines) is 2. The predicted octanol–water partition coefficient (Wildman–Crippen LogP) is 2.00. The molecule has 0 aliphatic carbocycles. The lowest BCUT2D eigenvalue weighted by atomic mass is 9.84. The van der Waals surface area contributed by atoms with Gasteiger partial charge in [-0.1, -0.05) is 12.1 Å². The number of nitrogens with zero attached hydrogens (tertiary/aromatic N) is 2. The lowest BCUT2D eigenvalue weighted by molar-refractivity contribution is -0.119. The SMILES string of the molecule is CC(=O)N[C@@H]1CN(Cc2ccc(F)cc2)C2(CCN(C)CC2)C1. The van der Waals surface area contributed by atoms with E-state index in [1.807, 2.05) is 12.1 Å². The van der Waals surface area contributed by atoms with Crippen molar-refractivity contribution < 1.29 is 9.18 Å². The van der Waals surface area contributed by atoms with Crippen molar-refractivity contribution in [2.45, 2.75) is 44.3 Å². The Morgan fingerprint density at radius 2 is 1.96 bits per heavy atom. The number of hydrogen-bond donors (Lipinski definition) is 1. The first-order valence-corrected chi connectivity index (χ1v) is 8.42. The molecule has 1 amide bonds. The van der Waals surface area contributed by atoms with Gasteiger partial charge in [-0.05, 0) is 57.1 Å². The zero-order chi connectivity index (χ0) is 16.4. The Morgan fingerprint density at radius 1 is 1.30 bits per heavy atom. The standard InChI is InChI=1S/C18H26FN3O/c1-14(23)20-17-11-18(7-9-21(2)10-8-18)22(13-17)12-15-3-5-16(19)6-4-15/h3-6,17H,7-13H2,1-2H3,(H,20,23)/t17-/m0/s1. The van der Waals surface area contributed by atoms with Gasteiger partial charge in [-0.25, -0.2) is 4.39 Å². The third-order valence-corrected chi connectivity index (χ3v) is 5.35. The molecule has 2 aliphatic heterocycles. The molecule has 0 bridgehead atoms. The molecule has 1 N–H and O–H groups in total. The van der Waals surface area contributed by atoms with E-state index in [-0.39, 0.29) is 23.3 Å². The number of hydrogen-bond acceptors (Lipinski definition) is 3. The zero-order valence-electron chi connectivity index (χ0n) is 14.0. The van der Waals surface area contributed by atoms with Crippen LogP contribution in [0.5, 0.6) is 0 Å². The Balaban J connectivity index is 1.76. The van der Waals surface area contributed by atoms with Gasteiger partial charge < -0.3 is 10.2 Å². The topological polar surface area (TPSA) is 35.6 Å². The third kappa shape index (κ3) is 3.72. The molecule has 4 nitrogen and oxygen atoms in total. The molecule has 23 heavy (non-hydrogen) atoms. The molecular weight excluding hydrogens is 293 g/mol. The number of nitrogens with one attached hydrogen (secondary N) is 1. The summed E-state index contributed by atoms with van der Waals surface area (Å²) in [7, 11) is 2.16. The van der Waals surface area contributed by atoms with Crippen molar-refractivity contribution in [3.63, 3.8) is 0 Å². The molecule has 0 saturated carbocycles. The van der Waals surface area contributed by atoms with Crippen molar-refractivity contribution in [2.75, 3.05) is 26.7 Å². The van der Waals surface area contributed by atoms with Crippen LogP contribution in [0.2, 0.25) is 0 Å². The molecule has 2 fully saturated rings. The molecule has 3 rings (SSSR count). The Labute approximate surface area is 137 Å². The second-order valence-electron chi connectivity index (χ2n) is 7.14. The van der Waals surface area contributed by atoms with E-state index in [1.165, 1.54) is 12.1 Å². The highest BCUT2D eigenvalue weighted by Crippen LogP contribution is 2.39. The van der Waals surface area contributed by atoms with Crippen molar-refractivity contribution in [3.05, 3.63) is 35.6 Å². The number of rotatable bonds is 3. The largest absolute Gasteiger partial charge is 0.352 e. The van der Waals surface area contributed by atoms with Gasteiger partial charge in [0.1, 0.15) is 5.82 Å². The Bertz CT molecular complexity index is 552. The van der Waals surface area contributed by atoms with Crippen LogP contribution in [0.1, 0.15) is 31.7 Å². The van der Waals surface area contributed by atoms with Gasteiger partial charge in [0.25, 0.3) is 0 Å². The minimum atomic E-state index is -0.194. The second-order valence-corrected chi connectivity index (χ2v) is 7.14. The fraction of sp³-hybridized carbons (Fsp3) is 0.611. The fourth-order valence-electron chi connectivity index (χ4n) is 4.09. The van der Waals surface area contributed by atoms with E-state index in [0.717, 1.165) is 51.0 Å². The highest BCUT2D eigenvalue weighted by Gasteiger charge is 2.46. The highest BCUT2D eigenvalue weighted by atomic mass is 19.1. The van der Waals surface area contributed by atoms with E-state index in [0.29, 0.717) is 0 Å². The first-order valence-electron chi connectivity index (χ1n) is 8.42. The number of piperidine rings is 1. The molecule has 1 atom stereocenters. The molecule has 1 aromatic carbocycles. The molecule has 0 unspecified atom stereocenters. The number of carbonyl (C=O) groups excluding carboxylic acids is 1. The Hall–Kier alpha value is -1.46. The van der Waals surface area contributed by atoms with Crippen molar-refractivity contribution in [1.82, 2.24) is 15.1 Å². The normalized spacial score (nSPS) is 24.9. The summed E-state index contributed by atoms with van der Waals surface area (Å²) in [5.41, 5.74) is 1.29. The molecule has 0 radical (unpaired) electrons. The summed E-state index contributed by atoms with van der Waals surface area (Å²) in [6.07, 6.45) is 3.27. The Morgan fingerprint density at radius 3 is 2.57 bits per heavy atom. The molecule has 1 aromatic rings. The summed E-state index contributed by atoms with van der Waals surface area (Å²) in [5, 5.41) is 3.10. The predicted molar refractivity (Wildman–Crippen MR) is 88.5 cm³/mol. The minimum Gasteiger partial charge on any atom is -0.352 e. The molecular formula is C18H26FN3O. The quantitative estimate of drug-likeness (QED) is 0.926. The summed E-state index contributed by atoms with van der Waals surface area (Å²) in [6.45, 7) is 5.46. The fourth-order valence-corrected chi connectivity index (χ4v) is 4.09. The van der Waals surface area contributed by atoms with E-state index in [4.69, 9.17) is 0 Å². The van der Waals surface area contributed by atoms with Crippen LogP contribution in [-0.2, 0) is 11.3 Å². The Kier molecular flexibility index (Phi) is 4.69. The van der Waals surface area contributed by atoms with Crippen LogP contribution in [0.3, 0.4) is 0 Å². The van der Waals surface area contributed by atoms with Gasteiger partial charge in [0, 0.05) is 31.6 Å². The minimum absolute atomic E-state index is 0.0432. The molecule has 2 aliphatic rings. The van der Waals surface area contributed by atoms with Crippen molar-refractivity contribution >= 4 is 5.91 Å². The average Bonchev–Trinajstić information content (AvgIpc) is 2.81. The van der Waals surface area contributed by atoms with Crippen LogP contribution in [0, 0.1) is 5.82 Å². The molecule has 1 spiro atoms. The highest BCUT2D eigenvalue weighted by molar-refractivity contribution is 5.73.